The second-order valence-electron chi connectivity index (χ2n) is 6.32. The summed E-state index contributed by atoms with van der Waals surface area (Å²) in [5.41, 5.74) is 0.550. The zero-order valence-corrected chi connectivity index (χ0v) is 16.1. The predicted octanol–water partition coefficient (Wildman–Crippen LogP) is 2.21. The number of hydrogen-bond acceptors (Lipinski definition) is 6. The number of anilines is 1. The molecule has 2 aromatic carbocycles. The first kappa shape index (κ1) is 20.6. The molecule has 4 amide bonds. The van der Waals surface area contributed by atoms with Crippen molar-refractivity contribution in [1.29, 1.82) is 0 Å². The van der Waals surface area contributed by atoms with E-state index in [1.54, 1.807) is 24.3 Å². The van der Waals surface area contributed by atoms with Crippen LogP contribution >= 0.6 is 0 Å². The van der Waals surface area contributed by atoms with Gasteiger partial charge in [-0.2, -0.15) is 0 Å². The minimum Gasteiger partial charge on any atom is -0.497 e. The third-order valence-electron chi connectivity index (χ3n) is 4.28. The molecule has 0 saturated carbocycles. The van der Waals surface area contributed by atoms with Crippen LogP contribution in [0.4, 0.5) is 10.5 Å². The number of ether oxygens (including phenoxy) is 2. The van der Waals surface area contributed by atoms with Gasteiger partial charge in [-0.1, -0.05) is 12.1 Å². The smallest absolute Gasteiger partial charge is 0.344 e. The second-order valence-corrected chi connectivity index (χ2v) is 6.32. The molecule has 1 atom stereocenters. The average Bonchev–Trinajstić information content (AvgIpc) is 2.72. The Hall–Kier alpha value is -4.14. The van der Waals surface area contributed by atoms with Crippen molar-refractivity contribution in [1.82, 2.24) is 5.32 Å². The van der Waals surface area contributed by atoms with E-state index in [0.29, 0.717) is 17.1 Å². The van der Waals surface area contributed by atoms with Crippen LogP contribution in [0.1, 0.15) is 12.5 Å². The van der Waals surface area contributed by atoms with Gasteiger partial charge in [-0.15, -0.1) is 0 Å². The lowest BCUT2D eigenvalue weighted by Gasteiger charge is -2.26. The summed E-state index contributed by atoms with van der Waals surface area (Å²) in [7, 11) is 1.49. The minimum absolute atomic E-state index is 0.224. The topological polar surface area (TPSA) is 122 Å². The fourth-order valence-corrected chi connectivity index (χ4v) is 2.69. The van der Waals surface area contributed by atoms with Gasteiger partial charge in [-0.3, -0.25) is 14.9 Å². The number of hydrogen-bond donors (Lipinski definition) is 2. The number of carbonyl (C=O) groups excluding carboxylic acids is 3. The summed E-state index contributed by atoms with van der Waals surface area (Å²) in [4.78, 5) is 49.0. The third-order valence-corrected chi connectivity index (χ3v) is 4.28. The summed E-state index contributed by atoms with van der Waals surface area (Å²) in [6.45, 7) is 1.40. The van der Waals surface area contributed by atoms with E-state index >= 15 is 0 Å². The van der Waals surface area contributed by atoms with Crippen molar-refractivity contribution in [3.63, 3.8) is 0 Å². The number of carboxylic acid groups (broad SMARTS) is 1. The number of nitrogens with one attached hydrogen (secondary N) is 1. The molecule has 1 fully saturated rings. The van der Waals surface area contributed by atoms with Crippen LogP contribution in [-0.2, 0) is 14.4 Å². The zero-order chi connectivity index (χ0) is 21.8. The molecular weight excluding hydrogens is 392 g/mol. The lowest BCUT2D eigenvalue weighted by atomic mass is 10.1. The number of carbonyl (C=O) groups is 4. The highest BCUT2D eigenvalue weighted by Crippen LogP contribution is 2.24. The monoisotopic (exact) mass is 410 g/mol. The van der Waals surface area contributed by atoms with Gasteiger partial charge in [0.05, 0.1) is 12.8 Å². The third kappa shape index (κ3) is 4.30. The van der Waals surface area contributed by atoms with Crippen molar-refractivity contribution in [2.45, 2.75) is 13.0 Å². The van der Waals surface area contributed by atoms with Gasteiger partial charge < -0.3 is 14.6 Å². The number of benzene rings is 2. The van der Waals surface area contributed by atoms with E-state index in [1.807, 2.05) is 0 Å². The fourth-order valence-electron chi connectivity index (χ4n) is 2.69. The van der Waals surface area contributed by atoms with Crippen LogP contribution < -0.4 is 19.7 Å². The van der Waals surface area contributed by atoms with Crippen LogP contribution in [0, 0.1) is 0 Å². The number of carboxylic acids is 1. The normalized spacial score (nSPS) is 16.3. The Morgan fingerprint density at radius 2 is 1.63 bits per heavy atom. The average molecular weight is 410 g/mol. The maximum atomic E-state index is 12.8. The van der Waals surface area contributed by atoms with Gasteiger partial charge in [-0.25, -0.2) is 14.5 Å². The van der Waals surface area contributed by atoms with Crippen molar-refractivity contribution in [2.75, 3.05) is 12.0 Å². The molecule has 1 aliphatic heterocycles. The number of urea groups is 1. The molecular formula is C21H18N2O7. The van der Waals surface area contributed by atoms with Crippen LogP contribution in [0.2, 0.25) is 0 Å². The Bertz CT molecular complexity index is 1030. The molecule has 0 aromatic heterocycles. The molecule has 0 spiro atoms. The standard InChI is InChI=1S/C21H18N2O7/c1-12(20(26)27)30-16-7-3-13(4-8-16)11-17-18(24)22-21(28)23(19(17)25)14-5-9-15(29-2)10-6-14/h3-12H,1-2H3,(H,26,27)(H,22,24,28)/b17-11-. The van der Waals surface area contributed by atoms with E-state index in [1.165, 1.54) is 44.4 Å². The highest BCUT2D eigenvalue weighted by molar-refractivity contribution is 6.39. The molecule has 2 N–H and O–H groups in total. The highest BCUT2D eigenvalue weighted by atomic mass is 16.5. The van der Waals surface area contributed by atoms with E-state index < -0.39 is 29.9 Å². The number of aliphatic carboxylic acids is 1. The molecule has 154 valence electrons. The quantitative estimate of drug-likeness (QED) is 0.553. The van der Waals surface area contributed by atoms with Gasteiger partial charge in [0, 0.05) is 0 Å². The predicted molar refractivity (Wildman–Crippen MR) is 106 cm³/mol. The molecule has 30 heavy (non-hydrogen) atoms. The van der Waals surface area contributed by atoms with Gasteiger partial charge in [0.25, 0.3) is 11.8 Å². The van der Waals surface area contributed by atoms with E-state index in [-0.39, 0.29) is 11.3 Å². The zero-order valence-electron chi connectivity index (χ0n) is 16.1. The van der Waals surface area contributed by atoms with Crippen LogP contribution in [-0.4, -0.2) is 42.1 Å². The van der Waals surface area contributed by atoms with Gasteiger partial charge in [-0.05, 0) is 55.0 Å². The summed E-state index contributed by atoms with van der Waals surface area (Å²) in [6, 6.07) is 11.5. The molecule has 1 heterocycles. The van der Waals surface area contributed by atoms with E-state index in [0.717, 1.165) is 4.90 Å². The Balaban J connectivity index is 1.85. The molecule has 2 aromatic rings. The molecule has 9 heteroatoms. The Morgan fingerprint density at radius 3 is 2.20 bits per heavy atom. The van der Waals surface area contributed by atoms with Crippen LogP contribution in [0.3, 0.4) is 0 Å². The molecule has 0 bridgehead atoms. The van der Waals surface area contributed by atoms with Crippen molar-refractivity contribution in [3.8, 4) is 11.5 Å². The first-order valence-corrected chi connectivity index (χ1v) is 8.85. The molecule has 9 nitrogen and oxygen atoms in total. The summed E-state index contributed by atoms with van der Waals surface area (Å²) in [6.07, 6.45) is 0.314. The van der Waals surface area contributed by atoms with E-state index in [9.17, 15) is 19.2 Å². The van der Waals surface area contributed by atoms with Crippen LogP contribution in [0.5, 0.6) is 11.5 Å². The fraction of sp³-hybridized carbons (Fsp3) is 0.143. The second kappa shape index (κ2) is 8.48. The first-order chi connectivity index (χ1) is 14.3. The van der Waals surface area contributed by atoms with Crippen molar-refractivity contribution in [3.05, 3.63) is 59.7 Å². The van der Waals surface area contributed by atoms with Gasteiger partial charge in [0.15, 0.2) is 6.10 Å². The van der Waals surface area contributed by atoms with Crippen molar-refractivity contribution >= 4 is 35.6 Å². The molecule has 0 aliphatic carbocycles. The Morgan fingerprint density at radius 1 is 1.03 bits per heavy atom. The molecule has 1 unspecified atom stereocenters. The first-order valence-electron chi connectivity index (χ1n) is 8.85. The largest absolute Gasteiger partial charge is 0.497 e. The maximum Gasteiger partial charge on any atom is 0.344 e. The number of barbiturate groups is 1. The number of methoxy groups -OCH3 is 1. The van der Waals surface area contributed by atoms with E-state index in [2.05, 4.69) is 5.32 Å². The van der Waals surface area contributed by atoms with Crippen LogP contribution in [0.25, 0.3) is 6.08 Å². The summed E-state index contributed by atoms with van der Waals surface area (Å²) < 4.78 is 10.3. The van der Waals surface area contributed by atoms with Gasteiger partial charge >= 0.3 is 12.0 Å². The lowest BCUT2D eigenvalue weighted by Crippen LogP contribution is -2.54. The number of amides is 4. The van der Waals surface area contributed by atoms with E-state index in [4.69, 9.17) is 14.6 Å². The van der Waals surface area contributed by atoms with Crippen molar-refractivity contribution in [2.24, 2.45) is 0 Å². The summed E-state index contributed by atoms with van der Waals surface area (Å²) in [5, 5.41) is 11.0. The minimum atomic E-state index is -1.10. The number of imide groups is 2. The number of nitrogens with zero attached hydrogens (tertiary/aromatic N) is 1. The lowest BCUT2D eigenvalue weighted by molar-refractivity contribution is -0.144. The number of rotatable bonds is 6. The molecule has 0 radical (unpaired) electrons. The van der Waals surface area contributed by atoms with Gasteiger partial charge in [0.2, 0.25) is 0 Å². The summed E-state index contributed by atoms with van der Waals surface area (Å²) >= 11 is 0. The highest BCUT2D eigenvalue weighted by Gasteiger charge is 2.36. The maximum absolute atomic E-state index is 12.8. The van der Waals surface area contributed by atoms with Crippen LogP contribution in [0.15, 0.2) is 54.1 Å². The summed E-state index contributed by atoms with van der Waals surface area (Å²) in [5.74, 6) is -1.81. The van der Waals surface area contributed by atoms with Crippen molar-refractivity contribution < 1.29 is 33.8 Å². The Kier molecular flexibility index (Phi) is 5.82. The molecule has 1 saturated heterocycles. The molecule has 1 aliphatic rings. The van der Waals surface area contributed by atoms with Gasteiger partial charge in [0.1, 0.15) is 17.1 Å². The molecule has 3 rings (SSSR count). The SMILES string of the molecule is COc1ccc(N2C(=O)NC(=O)/C(=C/c3ccc(OC(C)C(=O)O)cc3)C2=O)cc1. The Labute approximate surface area is 171 Å².